The third-order valence-electron chi connectivity index (χ3n) is 14.0. The number of anilines is 6. The van der Waals surface area contributed by atoms with Crippen molar-refractivity contribution in [3.8, 4) is 22.3 Å². The van der Waals surface area contributed by atoms with Gasteiger partial charge < -0.3 is 9.80 Å². The van der Waals surface area contributed by atoms with E-state index >= 15 is 0 Å². The Balaban J connectivity index is 1.09. The van der Waals surface area contributed by atoms with Gasteiger partial charge in [0.1, 0.15) is 16.1 Å². The molecule has 0 fully saturated rings. The van der Waals surface area contributed by atoms with Crippen LogP contribution in [0.4, 0.5) is 34.1 Å². The summed E-state index contributed by atoms with van der Waals surface area (Å²) in [5, 5.41) is 13.6. The second-order valence-electron chi connectivity index (χ2n) is 18.1. The predicted molar refractivity (Wildman–Crippen MR) is 273 cm³/mol. The normalized spacial score (nSPS) is 14.6. The van der Waals surface area contributed by atoms with Gasteiger partial charge in [-0.1, -0.05) is 172 Å². The molecule has 2 nitrogen and oxygen atoms in total. The highest BCUT2D eigenvalue weighted by atomic mass is 28.3. The highest BCUT2D eigenvalue weighted by Crippen LogP contribution is 2.46. The number of hydrogen-bond acceptors (Lipinski definition) is 2. The predicted octanol–water partition coefficient (Wildman–Crippen LogP) is 13.7. The van der Waals surface area contributed by atoms with Gasteiger partial charge in [0.25, 0.3) is 0 Å². The molecule has 10 aromatic rings. The minimum Gasteiger partial charge on any atom is -0.311 e. The van der Waals surface area contributed by atoms with Crippen molar-refractivity contribution in [2.75, 3.05) is 9.80 Å². The van der Waals surface area contributed by atoms with Crippen molar-refractivity contribution in [3.05, 3.63) is 206 Å². The topological polar surface area (TPSA) is 6.48 Å². The lowest BCUT2D eigenvalue weighted by molar-refractivity contribution is 1.29. The highest BCUT2D eigenvalue weighted by Gasteiger charge is 2.40. The van der Waals surface area contributed by atoms with E-state index in [1.807, 2.05) is 0 Å². The summed E-state index contributed by atoms with van der Waals surface area (Å²) in [5.41, 5.74) is 12.5. The van der Waals surface area contributed by atoms with Gasteiger partial charge in [0.2, 0.25) is 0 Å². The smallest absolute Gasteiger partial charge is 0.117 e. The van der Waals surface area contributed by atoms with E-state index in [2.05, 4.69) is 242 Å². The van der Waals surface area contributed by atoms with E-state index in [0.29, 0.717) is 0 Å². The van der Waals surface area contributed by atoms with Crippen LogP contribution < -0.4 is 30.5 Å². The first-order valence-corrected chi connectivity index (χ1v) is 27.9. The van der Waals surface area contributed by atoms with E-state index in [-0.39, 0.29) is 0 Å². The Bertz CT molecular complexity index is 3200. The van der Waals surface area contributed by atoms with Crippen molar-refractivity contribution < 1.29 is 0 Å². The number of benzene rings is 10. The molecule has 0 aromatic heterocycles. The Kier molecular flexibility index (Phi) is 8.18. The molecule has 0 N–H and O–H groups in total. The average Bonchev–Trinajstić information content (AvgIpc) is 3.31. The van der Waals surface area contributed by atoms with Crippen molar-refractivity contribution in [1.82, 2.24) is 0 Å². The van der Waals surface area contributed by atoms with Crippen LogP contribution >= 0.6 is 0 Å². The Morgan fingerprint density at radius 3 is 1.10 bits per heavy atom. The van der Waals surface area contributed by atoms with Crippen molar-refractivity contribution in [1.29, 1.82) is 0 Å². The molecule has 0 spiro atoms. The maximum absolute atomic E-state index is 2.51. The summed E-state index contributed by atoms with van der Waals surface area (Å²) >= 11 is 0. The summed E-state index contributed by atoms with van der Waals surface area (Å²) in [6.45, 7) is 10.0. The molecule has 2 heterocycles. The van der Waals surface area contributed by atoms with E-state index < -0.39 is 16.1 Å². The monoisotopic (exact) mass is 826 g/mol. The molecule has 10 aromatic carbocycles. The fourth-order valence-corrected chi connectivity index (χ4v) is 16.9. The zero-order valence-electron chi connectivity index (χ0n) is 35.5. The number of nitrogens with zero attached hydrogens (tertiary/aromatic N) is 2. The largest absolute Gasteiger partial charge is 0.311 e. The van der Waals surface area contributed by atoms with Gasteiger partial charge >= 0.3 is 0 Å². The maximum Gasteiger partial charge on any atom is 0.117 e. The quantitative estimate of drug-likeness (QED) is 0.129. The molecule has 0 atom stereocenters. The van der Waals surface area contributed by atoms with Crippen molar-refractivity contribution in [3.63, 3.8) is 0 Å². The van der Waals surface area contributed by atoms with Crippen LogP contribution in [0.15, 0.2) is 206 Å². The Labute approximate surface area is 366 Å². The first kappa shape index (κ1) is 36.8. The molecule has 296 valence electrons. The van der Waals surface area contributed by atoms with Crippen LogP contribution in [0.1, 0.15) is 0 Å². The molecule has 0 unspecified atom stereocenters. The first-order valence-electron chi connectivity index (χ1n) is 21.9. The van der Waals surface area contributed by atoms with Crippen LogP contribution in [0.3, 0.4) is 0 Å². The second kappa shape index (κ2) is 13.8. The molecule has 12 rings (SSSR count). The molecule has 0 aliphatic carbocycles. The lowest BCUT2D eigenvalue weighted by Crippen LogP contribution is -2.58. The number of para-hydroxylation sites is 4. The van der Waals surface area contributed by atoms with Gasteiger partial charge in [0.15, 0.2) is 0 Å². The molecule has 2 aliphatic rings. The van der Waals surface area contributed by atoms with Crippen molar-refractivity contribution in [2.24, 2.45) is 0 Å². The van der Waals surface area contributed by atoms with Gasteiger partial charge in [-0.05, 0) is 136 Å². The molecule has 0 saturated carbocycles. The molecule has 0 bridgehead atoms. The summed E-state index contributed by atoms with van der Waals surface area (Å²) in [6, 6.07) is 77.6. The van der Waals surface area contributed by atoms with E-state index in [9.17, 15) is 0 Å². The molecule has 2 aliphatic heterocycles. The standard InChI is InChI=1S/C58H46N2Si2/c1-61(2)54-29-17-15-27-50(54)59(42-19-7-5-8-20-42)52-37-39(31-33-56(52)61)48-35-41-36-49(45-24-12-14-26-47(45)58(41)46-25-13-11-23-44(46)48)40-32-34-57-53(38-40)60(43-21-9-6-10-22-43)51-28-16-18-30-55(51)62(57,3)4/h5-38H,1-4H3. The molecule has 0 saturated heterocycles. The van der Waals surface area contributed by atoms with Gasteiger partial charge in [-0.3, -0.25) is 0 Å². The SMILES string of the molecule is C[Si]1(C)c2ccccc2N(c2ccccc2)c2cc(-c3cc4cc(-c5ccc6c(c5)N(c5ccccc5)c5ccccc5[Si]6(C)C)c5ccccc5c4c4ccccc34)ccc21. The van der Waals surface area contributed by atoms with E-state index in [1.54, 1.807) is 0 Å². The van der Waals surface area contributed by atoms with Crippen LogP contribution in [0, 0.1) is 0 Å². The Morgan fingerprint density at radius 2 is 0.661 bits per heavy atom. The summed E-state index contributed by atoms with van der Waals surface area (Å²) in [4.78, 5) is 5.00. The lowest BCUT2D eigenvalue weighted by Gasteiger charge is -2.41. The van der Waals surface area contributed by atoms with Gasteiger partial charge in [-0.2, -0.15) is 0 Å². The van der Waals surface area contributed by atoms with Crippen LogP contribution in [0.25, 0.3) is 54.6 Å². The van der Waals surface area contributed by atoms with Gasteiger partial charge in [0, 0.05) is 34.1 Å². The summed E-state index contributed by atoms with van der Waals surface area (Å²) in [6.07, 6.45) is 0. The van der Waals surface area contributed by atoms with Crippen LogP contribution in [-0.4, -0.2) is 16.1 Å². The Hall–Kier alpha value is -6.99. The van der Waals surface area contributed by atoms with Gasteiger partial charge in [-0.25, -0.2) is 0 Å². The minimum atomic E-state index is -2.01. The maximum atomic E-state index is 2.51. The molecule has 0 radical (unpaired) electrons. The summed E-state index contributed by atoms with van der Waals surface area (Å²) in [5.74, 6) is 0. The number of hydrogen-bond donors (Lipinski definition) is 0. The molecule has 4 heteroatoms. The Morgan fingerprint density at radius 1 is 0.306 bits per heavy atom. The fourth-order valence-electron chi connectivity index (χ4n) is 10.9. The van der Waals surface area contributed by atoms with Crippen molar-refractivity contribution >= 4 is 103 Å². The second-order valence-corrected chi connectivity index (χ2v) is 26.8. The third-order valence-corrected chi connectivity index (χ3v) is 21.1. The number of rotatable bonds is 4. The van der Waals surface area contributed by atoms with Crippen LogP contribution in [0.5, 0.6) is 0 Å². The minimum absolute atomic E-state index is 1.19. The van der Waals surface area contributed by atoms with Gasteiger partial charge in [0.05, 0.1) is 0 Å². The summed E-state index contributed by atoms with van der Waals surface area (Å²) < 4.78 is 0. The summed E-state index contributed by atoms with van der Waals surface area (Å²) in [7, 11) is -4.02. The molecule has 62 heavy (non-hydrogen) atoms. The third kappa shape index (κ3) is 5.40. The zero-order chi connectivity index (χ0) is 41.7. The molecular formula is C58H46N2Si2. The van der Waals surface area contributed by atoms with Crippen LogP contribution in [-0.2, 0) is 0 Å². The van der Waals surface area contributed by atoms with Crippen molar-refractivity contribution in [2.45, 2.75) is 26.2 Å². The average molecular weight is 827 g/mol. The lowest BCUT2D eigenvalue weighted by atomic mass is 9.87. The zero-order valence-corrected chi connectivity index (χ0v) is 37.5. The van der Waals surface area contributed by atoms with E-state index in [4.69, 9.17) is 0 Å². The van der Waals surface area contributed by atoms with Gasteiger partial charge in [-0.15, -0.1) is 0 Å². The fraction of sp³-hybridized carbons (Fsp3) is 0.0690. The van der Waals surface area contributed by atoms with E-state index in [1.165, 1.54) is 109 Å². The van der Waals surface area contributed by atoms with E-state index in [0.717, 1.165) is 0 Å². The molecular weight excluding hydrogens is 781 g/mol. The number of fused-ring (bicyclic) bond motifs is 9. The molecule has 0 amide bonds. The van der Waals surface area contributed by atoms with Crippen LogP contribution in [0.2, 0.25) is 26.2 Å². The highest BCUT2D eigenvalue weighted by molar-refractivity contribution is 7.03. The first-order chi connectivity index (χ1) is 30.3.